The second-order valence-corrected chi connectivity index (χ2v) is 10.1. The number of halogens is 6. The fraction of sp³-hybridized carbons (Fsp3) is 0.258. The average molecular weight is 605 g/mol. The zero-order valence-corrected chi connectivity index (χ0v) is 22.5. The van der Waals surface area contributed by atoms with Crippen molar-refractivity contribution in [3.63, 3.8) is 0 Å². The summed E-state index contributed by atoms with van der Waals surface area (Å²) >= 11 is 0. The number of rotatable bonds is 7. The highest BCUT2D eigenvalue weighted by Gasteiger charge is 2.40. The molecule has 1 aliphatic rings. The van der Waals surface area contributed by atoms with Crippen molar-refractivity contribution in [2.45, 2.75) is 30.9 Å². The van der Waals surface area contributed by atoms with Crippen molar-refractivity contribution in [3.05, 3.63) is 117 Å². The zero-order chi connectivity index (χ0) is 31.5. The van der Waals surface area contributed by atoms with Crippen LogP contribution in [0.1, 0.15) is 34.2 Å². The Morgan fingerprint density at radius 3 is 1.79 bits per heavy atom. The Kier molecular flexibility index (Phi) is 8.92. The van der Waals surface area contributed by atoms with Gasteiger partial charge in [-0.3, -0.25) is 5.32 Å². The number of carbonyl (C=O) groups is 1. The number of hydrogen-bond acceptors (Lipinski definition) is 4. The Morgan fingerprint density at radius 1 is 0.884 bits per heavy atom. The van der Waals surface area contributed by atoms with Gasteiger partial charge in [-0.15, -0.1) is 6.42 Å². The lowest BCUT2D eigenvalue weighted by molar-refractivity contribution is -0.889. The molecule has 3 aromatic carbocycles. The summed E-state index contributed by atoms with van der Waals surface area (Å²) in [7, 11) is 0. The number of aliphatic hydroxyl groups is 1. The molecule has 0 saturated heterocycles. The molecule has 1 heterocycles. The number of hydroxylamine groups is 3. The van der Waals surface area contributed by atoms with Crippen LogP contribution >= 0.6 is 0 Å². The number of ether oxygens (including phenoxy) is 1. The number of carbonyl (C=O) groups excluding carboxylic acids is 1. The minimum Gasteiger partial charge on any atom is -0.632 e. The van der Waals surface area contributed by atoms with Crippen LogP contribution in [0.5, 0.6) is 0 Å². The van der Waals surface area contributed by atoms with Crippen LogP contribution in [-0.2, 0) is 29.2 Å². The Hall–Kier alpha value is -4.31. The van der Waals surface area contributed by atoms with Gasteiger partial charge in [-0.1, -0.05) is 42.3 Å². The van der Waals surface area contributed by atoms with Gasteiger partial charge in [0.15, 0.2) is 6.61 Å². The number of terminal acetylenes is 1. The van der Waals surface area contributed by atoms with E-state index in [0.717, 1.165) is 48.5 Å². The number of amides is 1. The highest BCUT2D eigenvalue weighted by atomic mass is 19.4. The quantitative estimate of drug-likeness (QED) is 0.100. The first-order valence-electron chi connectivity index (χ1n) is 12.9. The third-order valence-corrected chi connectivity index (χ3v) is 7.14. The van der Waals surface area contributed by atoms with Crippen LogP contribution in [0.25, 0.3) is 0 Å². The van der Waals surface area contributed by atoms with E-state index < -0.39 is 39.8 Å². The van der Waals surface area contributed by atoms with Crippen LogP contribution in [0.4, 0.5) is 36.8 Å². The summed E-state index contributed by atoms with van der Waals surface area (Å²) in [6, 6.07) is 13.9. The molecule has 0 fully saturated rings. The molecule has 0 aromatic heterocycles. The maximum Gasteiger partial charge on any atom is 0.416 e. The maximum atomic E-state index is 13.6. The lowest BCUT2D eigenvalue weighted by Crippen LogP contribution is -2.47. The molecule has 226 valence electrons. The molecule has 0 spiro atoms. The van der Waals surface area contributed by atoms with E-state index in [1.165, 1.54) is 6.08 Å². The van der Waals surface area contributed by atoms with Crippen molar-refractivity contribution >= 4 is 11.8 Å². The third-order valence-electron chi connectivity index (χ3n) is 7.14. The van der Waals surface area contributed by atoms with E-state index in [9.17, 15) is 41.5 Å². The van der Waals surface area contributed by atoms with Crippen LogP contribution in [0.3, 0.4) is 0 Å². The van der Waals surface area contributed by atoms with Crippen LogP contribution < -0.4 is 5.32 Å². The summed E-state index contributed by atoms with van der Waals surface area (Å²) in [5.74, 6) is 2.17. The van der Waals surface area contributed by atoms with Gasteiger partial charge in [-0.2, -0.15) is 26.3 Å². The van der Waals surface area contributed by atoms with E-state index >= 15 is 0 Å². The Balaban J connectivity index is 1.59. The molecule has 1 unspecified atom stereocenters. The predicted molar refractivity (Wildman–Crippen MR) is 146 cm³/mol. The third kappa shape index (κ3) is 7.37. The van der Waals surface area contributed by atoms with Gasteiger partial charge < -0.3 is 19.7 Å². The summed E-state index contributed by atoms with van der Waals surface area (Å²) in [6.07, 6.45) is -3.45. The lowest BCUT2D eigenvalue weighted by Gasteiger charge is -2.46. The number of nitrogens with one attached hydrogen (secondary N) is 1. The normalized spacial score (nSPS) is 17.5. The Bertz CT molecular complexity index is 1450. The van der Waals surface area contributed by atoms with Gasteiger partial charge in [0.05, 0.1) is 24.2 Å². The molecule has 12 heteroatoms. The average Bonchev–Trinajstić information content (AvgIpc) is 2.96. The van der Waals surface area contributed by atoms with E-state index in [1.54, 1.807) is 24.3 Å². The molecule has 2 N–H and O–H groups in total. The minimum absolute atomic E-state index is 0.0151. The van der Waals surface area contributed by atoms with Crippen molar-refractivity contribution in [2.24, 2.45) is 0 Å². The minimum atomic E-state index is -4.63. The summed E-state index contributed by atoms with van der Waals surface area (Å²) in [4.78, 5) is 11.7. The van der Waals surface area contributed by atoms with Crippen molar-refractivity contribution in [1.82, 2.24) is 0 Å². The largest absolute Gasteiger partial charge is 0.632 e. The van der Waals surface area contributed by atoms with Crippen LogP contribution in [0, 0.1) is 17.6 Å². The van der Waals surface area contributed by atoms with E-state index in [0.29, 0.717) is 11.3 Å². The predicted octanol–water partition coefficient (Wildman–Crippen LogP) is 6.99. The van der Waals surface area contributed by atoms with E-state index in [1.807, 2.05) is 0 Å². The Labute approximate surface area is 243 Å². The summed E-state index contributed by atoms with van der Waals surface area (Å²) in [5.41, 5.74) is -2.61. The maximum absolute atomic E-state index is 13.6. The van der Waals surface area contributed by atoms with Crippen LogP contribution in [-0.4, -0.2) is 35.5 Å². The molecule has 4 rings (SSSR count). The molecule has 1 atom stereocenters. The number of anilines is 1. The second kappa shape index (κ2) is 12.1. The monoisotopic (exact) mass is 604 g/mol. The van der Waals surface area contributed by atoms with Gasteiger partial charge in [0.25, 0.3) is 0 Å². The molecular formula is C31H26F6N2O4. The standard InChI is InChI=1S/C31H26F6N2O4/c1-2-19-43-28(40)38-27-13-3-21(4-14-27)20-39(42)17-15-24(16-18-39)29(41,22-5-9-25(10-6-22)30(32,33)34)23-7-11-26(12-8-23)31(35,36)37/h1,3-15,41H,16-20H2,(H,38,40). The summed E-state index contributed by atoms with van der Waals surface area (Å²) < 4.78 is 83.1. The molecular weight excluding hydrogens is 578 g/mol. The van der Waals surface area contributed by atoms with Crippen molar-refractivity contribution in [2.75, 3.05) is 25.0 Å². The van der Waals surface area contributed by atoms with Crippen LogP contribution in [0.15, 0.2) is 84.4 Å². The molecule has 0 aliphatic carbocycles. The number of benzene rings is 3. The first-order valence-corrected chi connectivity index (χ1v) is 12.9. The topological polar surface area (TPSA) is 81.6 Å². The number of hydrogen-bond donors (Lipinski definition) is 2. The number of nitrogens with zero attached hydrogens (tertiary/aromatic N) is 1. The molecule has 43 heavy (non-hydrogen) atoms. The zero-order valence-electron chi connectivity index (χ0n) is 22.5. The molecule has 0 radical (unpaired) electrons. The molecule has 0 saturated carbocycles. The molecule has 1 aliphatic heterocycles. The van der Waals surface area contributed by atoms with Gasteiger partial charge in [0.1, 0.15) is 12.1 Å². The molecule has 1 amide bonds. The molecule has 3 aromatic rings. The summed E-state index contributed by atoms with van der Waals surface area (Å²) in [5, 5.41) is 28.1. The van der Waals surface area contributed by atoms with Gasteiger partial charge in [0.2, 0.25) is 0 Å². The number of quaternary nitrogens is 1. The first kappa shape index (κ1) is 31.6. The van der Waals surface area contributed by atoms with Crippen molar-refractivity contribution in [1.29, 1.82) is 0 Å². The van der Waals surface area contributed by atoms with Crippen molar-refractivity contribution < 1.29 is 45.6 Å². The first-order chi connectivity index (χ1) is 20.1. The molecule has 6 nitrogen and oxygen atoms in total. The van der Waals surface area contributed by atoms with Gasteiger partial charge in [-0.25, -0.2) is 4.79 Å². The van der Waals surface area contributed by atoms with E-state index in [2.05, 4.69) is 11.2 Å². The fourth-order valence-electron chi connectivity index (χ4n) is 4.89. The van der Waals surface area contributed by atoms with Gasteiger partial charge in [-0.05, 0) is 59.2 Å². The summed E-state index contributed by atoms with van der Waals surface area (Å²) in [6.45, 7) is -0.293. The van der Waals surface area contributed by atoms with E-state index in [-0.39, 0.29) is 49.4 Å². The smallest absolute Gasteiger partial charge is 0.416 e. The lowest BCUT2D eigenvalue weighted by atomic mass is 9.77. The fourth-order valence-corrected chi connectivity index (χ4v) is 4.89. The SMILES string of the molecule is C#CCOC(=O)Nc1ccc(C[N+]2([O-])CC=C(C(O)(c3ccc(C(F)(F)F)cc3)c3ccc(C(F)(F)F)cc3)CC2)cc1. The molecule has 0 bridgehead atoms. The Morgan fingerprint density at radius 2 is 1.37 bits per heavy atom. The van der Waals surface area contributed by atoms with E-state index in [4.69, 9.17) is 11.2 Å². The van der Waals surface area contributed by atoms with Gasteiger partial charge >= 0.3 is 18.4 Å². The van der Waals surface area contributed by atoms with Gasteiger partial charge in [0, 0.05) is 17.7 Å². The highest BCUT2D eigenvalue weighted by Crippen LogP contribution is 2.42. The van der Waals surface area contributed by atoms with Crippen molar-refractivity contribution in [3.8, 4) is 12.3 Å². The second-order valence-electron chi connectivity index (χ2n) is 10.1. The number of alkyl halides is 6. The van der Waals surface area contributed by atoms with Crippen LogP contribution in [0.2, 0.25) is 0 Å². The highest BCUT2D eigenvalue weighted by molar-refractivity contribution is 5.84.